The van der Waals surface area contributed by atoms with Gasteiger partial charge >= 0.3 is 0 Å². The van der Waals surface area contributed by atoms with Crippen molar-refractivity contribution in [1.29, 1.82) is 0 Å². The predicted octanol–water partition coefficient (Wildman–Crippen LogP) is 12.0. The van der Waals surface area contributed by atoms with Crippen molar-refractivity contribution in [2.45, 2.75) is 0 Å². The number of hydrogen-bond donors (Lipinski definition) is 0. The van der Waals surface area contributed by atoms with Gasteiger partial charge in [-0.3, -0.25) is 0 Å². The summed E-state index contributed by atoms with van der Waals surface area (Å²) in [7, 11) is 0. The first-order valence-electron chi connectivity index (χ1n) is 25.7. The molecule has 0 saturated heterocycles. The maximum absolute atomic E-state index is 9.72. The van der Waals surface area contributed by atoms with Crippen LogP contribution in [0.25, 0.3) is 87.6 Å². The van der Waals surface area contributed by atoms with E-state index in [4.69, 9.17) is 29.1 Å². The number of furan rings is 1. The van der Waals surface area contributed by atoms with Gasteiger partial charge in [0.25, 0.3) is 0 Å². The van der Waals surface area contributed by atoms with Crippen molar-refractivity contribution in [3.8, 4) is 33.4 Å². The highest BCUT2D eigenvalue weighted by Gasteiger charge is 2.19. The van der Waals surface area contributed by atoms with Crippen LogP contribution in [0.15, 0.2) is 162 Å². The largest absolute Gasteiger partial charge is 0.455 e. The van der Waals surface area contributed by atoms with E-state index < -0.39 is 245 Å². The summed E-state index contributed by atoms with van der Waals surface area (Å²) in [6, 6.07) is -23.4. The molecule has 0 aliphatic heterocycles. The Morgan fingerprint density at radius 3 is 1.67 bits per heavy atom. The van der Waals surface area contributed by atoms with Crippen LogP contribution in [0.4, 0.5) is 0 Å². The third-order valence-electron chi connectivity index (χ3n) is 7.00. The molecule has 0 radical (unpaired) electrons. The van der Waals surface area contributed by atoms with Crippen LogP contribution in [-0.4, -0.2) is 0 Å². The average Bonchev–Trinajstić information content (AvgIpc) is 3.73. The van der Waals surface area contributed by atoms with Crippen molar-refractivity contribution >= 4 is 54.3 Å². The second-order valence-corrected chi connectivity index (χ2v) is 9.26. The van der Waals surface area contributed by atoms with Crippen LogP contribution < -0.4 is 0 Å². The Labute approximate surface area is 285 Å². The van der Waals surface area contributed by atoms with Crippen LogP contribution in [0.1, 0.15) is 35.6 Å². The predicted molar refractivity (Wildman–Crippen MR) is 183 cm³/mol. The minimum atomic E-state index is -0.983. The fourth-order valence-corrected chi connectivity index (χ4v) is 5.22. The van der Waals surface area contributed by atoms with Crippen LogP contribution in [0.2, 0.25) is 0 Å². The molecular weight excluding hydrogens is 520 g/mol. The van der Waals surface area contributed by atoms with E-state index in [-0.39, 0.29) is 0 Å². The topological polar surface area (TPSA) is 13.1 Å². The minimum absolute atomic E-state index is 0.497. The maximum atomic E-state index is 9.72. The molecule has 1 heteroatoms. The van der Waals surface area contributed by atoms with Gasteiger partial charge in [0.05, 0.1) is 35.6 Å². The Balaban J connectivity index is 1.60. The van der Waals surface area contributed by atoms with Gasteiger partial charge < -0.3 is 4.42 Å². The number of para-hydroxylation sites is 1. The zero-order chi connectivity index (χ0) is 51.0. The van der Waals surface area contributed by atoms with E-state index in [9.17, 15) is 11.0 Å². The lowest BCUT2D eigenvalue weighted by Gasteiger charge is -2.18. The van der Waals surface area contributed by atoms with Gasteiger partial charge in [0.2, 0.25) is 0 Å². The molecule has 9 aromatic rings. The number of hydrogen-bond acceptors (Lipinski definition) is 1. The summed E-state index contributed by atoms with van der Waals surface area (Å²) in [4.78, 5) is 0. The smallest absolute Gasteiger partial charge is 0.143 e. The summed E-state index contributed by atoms with van der Waals surface area (Å²) in [5.74, 6) is 0. The van der Waals surface area contributed by atoms with E-state index in [1.165, 1.54) is 0 Å². The van der Waals surface area contributed by atoms with Gasteiger partial charge in [-0.05, 0) is 72.2 Å². The van der Waals surface area contributed by atoms with Crippen molar-refractivity contribution in [2.75, 3.05) is 0 Å². The molecule has 8 aromatic carbocycles. The first-order chi connectivity index (χ1) is 32.2. The molecule has 1 heterocycles. The molecule has 0 N–H and O–H groups in total. The molecule has 0 aliphatic rings. The number of benzene rings is 8. The van der Waals surface area contributed by atoms with E-state index in [2.05, 4.69) is 0 Å². The van der Waals surface area contributed by atoms with Gasteiger partial charge in [-0.1, -0.05) is 145 Å². The van der Waals surface area contributed by atoms with Crippen molar-refractivity contribution in [3.63, 3.8) is 0 Å². The Bertz CT molecular complexity index is 3850. The molecule has 0 atom stereocenters. The highest BCUT2D eigenvalue weighted by Crippen LogP contribution is 2.46. The van der Waals surface area contributed by atoms with Crippen molar-refractivity contribution in [3.05, 3.63) is 157 Å². The van der Waals surface area contributed by atoms with Gasteiger partial charge in [-0.2, -0.15) is 0 Å². The number of rotatable bonds is 3. The van der Waals surface area contributed by atoms with Gasteiger partial charge in [0, 0.05) is 16.3 Å². The lowest BCUT2D eigenvalue weighted by Crippen LogP contribution is -1.91. The second-order valence-electron chi connectivity index (χ2n) is 9.26. The molecule has 0 amide bonds. The van der Waals surface area contributed by atoms with Crippen LogP contribution in [-0.2, 0) is 0 Å². The van der Waals surface area contributed by atoms with Crippen molar-refractivity contribution < 1.29 is 40.1 Å². The van der Waals surface area contributed by atoms with Gasteiger partial charge in [0.1, 0.15) is 11.2 Å². The van der Waals surface area contributed by atoms with E-state index in [0.717, 1.165) is 0 Å². The summed E-state index contributed by atoms with van der Waals surface area (Å²) in [6.45, 7) is 0. The van der Waals surface area contributed by atoms with Crippen LogP contribution >= 0.6 is 0 Å². The molecule has 1 nitrogen and oxygen atoms in total. The summed E-state index contributed by atoms with van der Waals surface area (Å²) in [5, 5.41) is -5.05. The molecule has 0 bridgehead atoms. The molecule has 43 heavy (non-hydrogen) atoms. The van der Waals surface area contributed by atoms with E-state index in [1.54, 1.807) is 0 Å². The second kappa shape index (κ2) is 9.44. The first kappa shape index (κ1) is 9.69. The summed E-state index contributed by atoms with van der Waals surface area (Å²) >= 11 is 0. The fraction of sp³-hybridized carbons (Fsp3) is 0. The highest BCUT2D eigenvalue weighted by atomic mass is 16.3. The SMILES string of the molecule is [2H]c1c([2H])c([2H])c(-c2c([2H])c([2H])c([2H])c3c2oc2c([2H])c(-c4c5c([2H])c([2H])c([2H])c([2H])c5c(-c5c([2H])c([2H])c([2H])c6c([2H])c([2H])c([2H])c([2H])c56)c5c([2H])c([2H])c([2H])c([2H])c45)c([2H])c([2H])c23)c([2H])c1[2H]. The van der Waals surface area contributed by atoms with Gasteiger partial charge in [-0.25, -0.2) is 0 Å². The Morgan fingerprint density at radius 1 is 0.372 bits per heavy atom. The maximum Gasteiger partial charge on any atom is 0.143 e. The van der Waals surface area contributed by atoms with E-state index >= 15 is 0 Å². The van der Waals surface area contributed by atoms with Crippen molar-refractivity contribution in [1.82, 2.24) is 0 Å². The molecule has 1 aromatic heterocycles. The monoisotopic (exact) mass is 572 g/mol. The molecule has 200 valence electrons. The van der Waals surface area contributed by atoms with E-state index in [1.807, 2.05) is 0 Å². The Kier molecular flexibility index (Phi) is 2.13. The molecule has 0 spiro atoms. The van der Waals surface area contributed by atoms with Crippen LogP contribution in [0.5, 0.6) is 0 Å². The highest BCUT2D eigenvalue weighted by molar-refractivity contribution is 6.24. The standard InChI is InChI=1S/C42H26O/c1-2-12-28(13-3-1)31-21-11-23-38-32-25-24-29(26-39(32)43-42(31)38)40-34-17-6-8-19-36(34)41(37-20-9-7-18-35(37)40)33-22-10-15-27-14-4-5-16-30(27)33/h1-26H/i1D,2D,3D,4D,5D,6D,7D,8D,9D,10D,11D,12D,13D,14D,15D,16D,17D,18D,19D,20D,21D,22D,23D,24D,25D,26D. The lowest BCUT2D eigenvalue weighted by molar-refractivity contribution is 0.670. The normalized spacial score (nSPS) is 20.2. The van der Waals surface area contributed by atoms with Crippen LogP contribution in [0, 0.1) is 0 Å². The lowest BCUT2D eigenvalue weighted by atomic mass is 9.84. The first-order valence-corrected chi connectivity index (χ1v) is 12.7. The molecule has 0 fully saturated rings. The molecule has 0 saturated carbocycles. The fourth-order valence-electron chi connectivity index (χ4n) is 5.22. The molecule has 0 unspecified atom stereocenters. The third-order valence-corrected chi connectivity index (χ3v) is 7.00. The minimum Gasteiger partial charge on any atom is -0.455 e. The number of fused-ring (bicyclic) bond motifs is 6. The van der Waals surface area contributed by atoms with Crippen LogP contribution in [0.3, 0.4) is 0 Å². The molecule has 9 rings (SSSR count). The third kappa shape index (κ3) is 3.65. The summed E-state index contributed by atoms with van der Waals surface area (Å²) < 4.78 is 237. The average molecular weight is 573 g/mol. The molecular formula is C42H26O. The quantitative estimate of drug-likeness (QED) is 0.192. The molecule has 0 aliphatic carbocycles. The Hall–Kier alpha value is -5.66. The zero-order valence-electron chi connectivity index (χ0n) is 47.4. The summed E-state index contributed by atoms with van der Waals surface area (Å²) in [5.41, 5.74) is -5.43. The van der Waals surface area contributed by atoms with Gasteiger partial charge in [-0.15, -0.1) is 0 Å². The zero-order valence-corrected chi connectivity index (χ0v) is 21.4. The Morgan fingerprint density at radius 2 is 0.930 bits per heavy atom. The van der Waals surface area contributed by atoms with Gasteiger partial charge in [0.15, 0.2) is 0 Å². The van der Waals surface area contributed by atoms with Crippen molar-refractivity contribution in [2.24, 2.45) is 0 Å². The van der Waals surface area contributed by atoms with E-state index in [0.29, 0.717) is 0 Å². The summed E-state index contributed by atoms with van der Waals surface area (Å²) in [6.07, 6.45) is 0.